The predicted octanol–water partition coefficient (Wildman–Crippen LogP) is 2.65. The highest BCUT2D eigenvalue weighted by Gasteiger charge is 2.12. The summed E-state index contributed by atoms with van der Waals surface area (Å²) in [6.45, 7) is 7.89. The lowest BCUT2D eigenvalue weighted by Gasteiger charge is -2.19. The molecular formula is C15H26N2O. The summed E-state index contributed by atoms with van der Waals surface area (Å²) in [7, 11) is 4.14. The Morgan fingerprint density at radius 1 is 1.22 bits per heavy atom. The van der Waals surface area contributed by atoms with E-state index in [1.807, 2.05) is 6.92 Å². The van der Waals surface area contributed by atoms with E-state index in [1.165, 1.54) is 11.1 Å². The molecule has 0 radical (unpaired) electrons. The zero-order chi connectivity index (χ0) is 13.7. The van der Waals surface area contributed by atoms with Gasteiger partial charge in [0.2, 0.25) is 0 Å². The van der Waals surface area contributed by atoms with Gasteiger partial charge in [0, 0.05) is 6.04 Å². The quantitative estimate of drug-likeness (QED) is 0.843. The van der Waals surface area contributed by atoms with Crippen molar-refractivity contribution in [1.29, 1.82) is 0 Å². The van der Waals surface area contributed by atoms with Crippen LogP contribution in [0.4, 0.5) is 0 Å². The lowest BCUT2D eigenvalue weighted by molar-refractivity contribution is 0.337. The van der Waals surface area contributed by atoms with E-state index in [4.69, 9.17) is 10.5 Å². The summed E-state index contributed by atoms with van der Waals surface area (Å²) in [6, 6.07) is 4.37. The van der Waals surface area contributed by atoms with E-state index >= 15 is 0 Å². The van der Waals surface area contributed by atoms with Gasteiger partial charge in [0.15, 0.2) is 0 Å². The van der Waals surface area contributed by atoms with Crippen molar-refractivity contribution < 1.29 is 4.74 Å². The summed E-state index contributed by atoms with van der Waals surface area (Å²) in [5.41, 5.74) is 9.89. The molecule has 1 aromatic rings. The SMILES string of the molecule is CCOc1cc(C)c(C(N)CCN(C)C)cc1C. The maximum absolute atomic E-state index is 6.27. The normalized spacial score (nSPS) is 12.8. The number of ether oxygens (including phenoxy) is 1. The van der Waals surface area contributed by atoms with Crippen molar-refractivity contribution in [2.75, 3.05) is 27.2 Å². The Morgan fingerprint density at radius 3 is 2.44 bits per heavy atom. The summed E-state index contributed by atoms with van der Waals surface area (Å²) < 4.78 is 5.60. The van der Waals surface area contributed by atoms with Crippen molar-refractivity contribution in [3.05, 3.63) is 28.8 Å². The molecule has 0 aromatic heterocycles. The fourth-order valence-electron chi connectivity index (χ4n) is 2.08. The van der Waals surface area contributed by atoms with Crippen LogP contribution in [0.3, 0.4) is 0 Å². The van der Waals surface area contributed by atoms with Crippen LogP contribution < -0.4 is 10.5 Å². The maximum Gasteiger partial charge on any atom is 0.122 e. The third kappa shape index (κ3) is 4.00. The average Bonchev–Trinajstić information content (AvgIpc) is 2.30. The second-order valence-electron chi connectivity index (χ2n) is 5.11. The minimum Gasteiger partial charge on any atom is -0.494 e. The molecule has 0 spiro atoms. The average molecular weight is 250 g/mol. The zero-order valence-corrected chi connectivity index (χ0v) is 12.3. The standard InChI is InChI=1S/C15H26N2O/c1-6-18-15-10-11(2)13(9-12(15)3)14(16)7-8-17(4)5/h9-10,14H,6-8,16H2,1-5H3. The van der Waals surface area contributed by atoms with E-state index in [1.54, 1.807) is 0 Å². The minimum absolute atomic E-state index is 0.0989. The highest BCUT2D eigenvalue weighted by atomic mass is 16.5. The number of aryl methyl sites for hydroxylation is 2. The molecule has 0 bridgehead atoms. The first-order valence-electron chi connectivity index (χ1n) is 6.60. The van der Waals surface area contributed by atoms with Crippen LogP contribution in [0.5, 0.6) is 5.75 Å². The number of rotatable bonds is 6. The number of benzene rings is 1. The van der Waals surface area contributed by atoms with E-state index < -0.39 is 0 Å². The number of nitrogens with two attached hydrogens (primary N) is 1. The minimum atomic E-state index is 0.0989. The molecular weight excluding hydrogens is 224 g/mol. The predicted molar refractivity (Wildman–Crippen MR) is 77.2 cm³/mol. The molecule has 0 aliphatic carbocycles. The first-order valence-corrected chi connectivity index (χ1v) is 6.60. The van der Waals surface area contributed by atoms with Crippen molar-refractivity contribution >= 4 is 0 Å². The maximum atomic E-state index is 6.27. The van der Waals surface area contributed by atoms with Crippen LogP contribution in [0.25, 0.3) is 0 Å². The molecule has 0 aliphatic heterocycles. The fraction of sp³-hybridized carbons (Fsp3) is 0.600. The lowest BCUT2D eigenvalue weighted by Crippen LogP contribution is -2.20. The van der Waals surface area contributed by atoms with Crippen molar-refractivity contribution in [2.45, 2.75) is 33.2 Å². The molecule has 3 nitrogen and oxygen atoms in total. The monoisotopic (exact) mass is 250 g/mol. The molecule has 18 heavy (non-hydrogen) atoms. The zero-order valence-electron chi connectivity index (χ0n) is 12.3. The van der Waals surface area contributed by atoms with E-state index in [9.17, 15) is 0 Å². The summed E-state index contributed by atoms with van der Waals surface area (Å²) in [6.07, 6.45) is 0.973. The Bertz CT molecular complexity index is 388. The largest absolute Gasteiger partial charge is 0.494 e. The van der Waals surface area contributed by atoms with Crippen molar-refractivity contribution in [3.8, 4) is 5.75 Å². The van der Waals surface area contributed by atoms with Crippen molar-refractivity contribution in [1.82, 2.24) is 4.90 Å². The van der Waals surface area contributed by atoms with Crippen LogP contribution >= 0.6 is 0 Å². The van der Waals surface area contributed by atoms with Gasteiger partial charge in [-0.05, 0) is 70.6 Å². The Morgan fingerprint density at radius 2 is 1.89 bits per heavy atom. The van der Waals surface area contributed by atoms with Gasteiger partial charge in [0.25, 0.3) is 0 Å². The number of hydrogen-bond acceptors (Lipinski definition) is 3. The van der Waals surface area contributed by atoms with Gasteiger partial charge in [-0.15, -0.1) is 0 Å². The molecule has 0 aliphatic rings. The molecule has 0 heterocycles. The molecule has 3 heteroatoms. The highest BCUT2D eigenvalue weighted by Crippen LogP contribution is 2.27. The van der Waals surface area contributed by atoms with Crippen LogP contribution in [0.15, 0.2) is 12.1 Å². The molecule has 1 aromatic carbocycles. The van der Waals surface area contributed by atoms with Gasteiger partial charge in [-0.2, -0.15) is 0 Å². The third-order valence-corrected chi connectivity index (χ3v) is 3.15. The van der Waals surface area contributed by atoms with Crippen molar-refractivity contribution in [3.63, 3.8) is 0 Å². The molecule has 0 fully saturated rings. The molecule has 0 saturated carbocycles. The second kappa shape index (κ2) is 6.76. The molecule has 1 unspecified atom stereocenters. The van der Waals surface area contributed by atoms with Crippen LogP contribution in [0.2, 0.25) is 0 Å². The van der Waals surface area contributed by atoms with Crippen LogP contribution in [-0.4, -0.2) is 32.1 Å². The van der Waals surface area contributed by atoms with Gasteiger partial charge in [-0.3, -0.25) is 0 Å². The van der Waals surface area contributed by atoms with Crippen molar-refractivity contribution in [2.24, 2.45) is 5.73 Å². The lowest BCUT2D eigenvalue weighted by atomic mass is 9.96. The van der Waals surface area contributed by atoms with Gasteiger partial charge < -0.3 is 15.4 Å². The van der Waals surface area contributed by atoms with Gasteiger partial charge in [-0.25, -0.2) is 0 Å². The van der Waals surface area contributed by atoms with E-state index in [0.717, 1.165) is 24.3 Å². The number of hydrogen-bond donors (Lipinski definition) is 1. The molecule has 1 atom stereocenters. The first kappa shape index (κ1) is 15.0. The summed E-state index contributed by atoms with van der Waals surface area (Å²) in [5, 5.41) is 0. The Labute approximate surface area is 111 Å². The Kier molecular flexibility index (Phi) is 5.63. The van der Waals surface area contributed by atoms with Gasteiger partial charge in [-0.1, -0.05) is 6.07 Å². The van der Waals surface area contributed by atoms with Crippen LogP contribution in [-0.2, 0) is 0 Å². The summed E-state index contributed by atoms with van der Waals surface area (Å²) >= 11 is 0. The van der Waals surface area contributed by atoms with Crippen LogP contribution in [0, 0.1) is 13.8 Å². The molecule has 0 saturated heterocycles. The van der Waals surface area contributed by atoms with Gasteiger partial charge in [0.05, 0.1) is 6.61 Å². The smallest absolute Gasteiger partial charge is 0.122 e. The highest BCUT2D eigenvalue weighted by molar-refractivity contribution is 5.42. The third-order valence-electron chi connectivity index (χ3n) is 3.15. The Hall–Kier alpha value is -1.06. The fourth-order valence-corrected chi connectivity index (χ4v) is 2.08. The van der Waals surface area contributed by atoms with Crippen LogP contribution in [0.1, 0.15) is 36.1 Å². The molecule has 1 rings (SSSR count). The first-order chi connectivity index (χ1) is 8.45. The Balaban J connectivity index is 2.86. The molecule has 2 N–H and O–H groups in total. The summed E-state index contributed by atoms with van der Waals surface area (Å²) in [4.78, 5) is 2.16. The van der Waals surface area contributed by atoms with E-state index in [2.05, 4.69) is 45.0 Å². The van der Waals surface area contributed by atoms with Gasteiger partial charge in [0.1, 0.15) is 5.75 Å². The molecule has 102 valence electrons. The molecule has 0 amide bonds. The van der Waals surface area contributed by atoms with E-state index in [0.29, 0.717) is 6.61 Å². The second-order valence-corrected chi connectivity index (χ2v) is 5.11. The van der Waals surface area contributed by atoms with Gasteiger partial charge >= 0.3 is 0 Å². The topological polar surface area (TPSA) is 38.5 Å². The number of nitrogens with zero attached hydrogens (tertiary/aromatic N) is 1. The van der Waals surface area contributed by atoms with E-state index in [-0.39, 0.29) is 6.04 Å². The summed E-state index contributed by atoms with van der Waals surface area (Å²) in [5.74, 6) is 0.971.